The largest absolute Gasteiger partial charge is 0.506 e. The van der Waals surface area contributed by atoms with Gasteiger partial charge in [0.25, 0.3) is 0 Å². The van der Waals surface area contributed by atoms with Crippen molar-refractivity contribution in [3.8, 4) is 0 Å². The Kier molecular flexibility index (Phi) is 3.88. The number of ether oxygens (including phenoxy) is 1. The van der Waals surface area contributed by atoms with Gasteiger partial charge in [-0.3, -0.25) is 4.90 Å². The van der Waals surface area contributed by atoms with Crippen molar-refractivity contribution in [2.45, 2.75) is 12.1 Å². The van der Waals surface area contributed by atoms with Crippen molar-refractivity contribution in [1.29, 1.82) is 0 Å². The highest BCUT2D eigenvalue weighted by molar-refractivity contribution is 5.57. The molecule has 0 radical (unpaired) electrons. The van der Waals surface area contributed by atoms with Crippen molar-refractivity contribution in [2.75, 3.05) is 13.1 Å². The normalized spacial score (nSPS) is 15.7. The molecule has 0 spiro atoms. The quantitative estimate of drug-likeness (QED) is 0.876. The monoisotopic (exact) mass is 283 g/mol. The highest BCUT2D eigenvalue weighted by atomic mass is 16.7. The lowest BCUT2D eigenvalue weighted by Gasteiger charge is -2.43. The zero-order valence-corrected chi connectivity index (χ0v) is 11.6. The first-order valence-corrected chi connectivity index (χ1v) is 6.97. The molecule has 4 nitrogen and oxygen atoms in total. The molecule has 21 heavy (non-hydrogen) atoms. The van der Waals surface area contributed by atoms with Crippen LogP contribution >= 0.6 is 0 Å². The molecule has 0 atom stereocenters. The lowest BCUT2D eigenvalue weighted by atomic mass is 9.94. The molecule has 0 aromatic heterocycles. The van der Waals surface area contributed by atoms with Crippen LogP contribution in [0.25, 0.3) is 0 Å². The Morgan fingerprint density at radius 3 is 1.90 bits per heavy atom. The third-order valence-electron chi connectivity index (χ3n) is 3.74. The van der Waals surface area contributed by atoms with E-state index in [4.69, 9.17) is 9.84 Å². The van der Waals surface area contributed by atoms with E-state index >= 15 is 0 Å². The number of nitrogens with zero attached hydrogens (tertiary/aromatic N) is 1. The zero-order chi connectivity index (χ0) is 14.7. The van der Waals surface area contributed by atoms with Gasteiger partial charge in [-0.2, -0.15) is 0 Å². The predicted molar refractivity (Wildman–Crippen MR) is 79.2 cm³/mol. The third kappa shape index (κ3) is 3.06. The van der Waals surface area contributed by atoms with Gasteiger partial charge in [-0.25, -0.2) is 4.79 Å². The first-order valence-electron chi connectivity index (χ1n) is 6.97. The molecule has 0 saturated carbocycles. The maximum atomic E-state index is 10.6. The van der Waals surface area contributed by atoms with Crippen molar-refractivity contribution in [2.24, 2.45) is 0 Å². The Morgan fingerprint density at radius 2 is 1.48 bits per heavy atom. The molecule has 1 saturated heterocycles. The van der Waals surface area contributed by atoms with Crippen LogP contribution in [0.15, 0.2) is 60.7 Å². The fourth-order valence-electron chi connectivity index (χ4n) is 2.78. The molecule has 2 aromatic rings. The molecule has 0 bridgehead atoms. The van der Waals surface area contributed by atoms with E-state index in [1.54, 1.807) is 0 Å². The summed E-state index contributed by atoms with van der Waals surface area (Å²) in [4.78, 5) is 12.8. The van der Waals surface area contributed by atoms with Crippen molar-refractivity contribution in [1.82, 2.24) is 4.90 Å². The molecule has 1 N–H and O–H groups in total. The number of carbonyl (C=O) groups is 1. The molecule has 1 aliphatic heterocycles. The Morgan fingerprint density at radius 1 is 1.00 bits per heavy atom. The lowest BCUT2D eigenvalue weighted by molar-refractivity contribution is -0.0451. The average Bonchev–Trinajstić information content (AvgIpc) is 2.47. The summed E-state index contributed by atoms with van der Waals surface area (Å²) < 4.78 is 4.81. The summed E-state index contributed by atoms with van der Waals surface area (Å²) >= 11 is 0. The number of hydrogen-bond donors (Lipinski definition) is 1. The fraction of sp³-hybridized carbons (Fsp3) is 0.235. The Balaban J connectivity index is 1.80. The van der Waals surface area contributed by atoms with Crippen LogP contribution in [0.2, 0.25) is 0 Å². The van der Waals surface area contributed by atoms with Crippen molar-refractivity contribution >= 4 is 6.16 Å². The van der Waals surface area contributed by atoms with Crippen molar-refractivity contribution in [3.63, 3.8) is 0 Å². The summed E-state index contributed by atoms with van der Waals surface area (Å²) in [7, 11) is 0. The molecule has 0 aliphatic carbocycles. The van der Waals surface area contributed by atoms with Gasteiger partial charge in [-0.05, 0) is 11.1 Å². The van der Waals surface area contributed by atoms with Gasteiger partial charge in [0.1, 0.15) is 6.10 Å². The minimum atomic E-state index is -1.20. The minimum Gasteiger partial charge on any atom is -0.450 e. The van der Waals surface area contributed by atoms with Gasteiger partial charge in [0.15, 0.2) is 0 Å². The topological polar surface area (TPSA) is 49.8 Å². The smallest absolute Gasteiger partial charge is 0.450 e. The van der Waals surface area contributed by atoms with E-state index < -0.39 is 6.16 Å². The molecule has 4 heteroatoms. The molecule has 1 fully saturated rings. The molecular formula is C17H17NO3. The first-order chi connectivity index (χ1) is 10.2. The summed E-state index contributed by atoms with van der Waals surface area (Å²) in [5.74, 6) is 0. The van der Waals surface area contributed by atoms with E-state index in [1.807, 2.05) is 36.4 Å². The molecule has 1 heterocycles. The van der Waals surface area contributed by atoms with Gasteiger partial charge in [-0.1, -0.05) is 60.7 Å². The molecule has 0 unspecified atom stereocenters. The van der Waals surface area contributed by atoms with Crippen LogP contribution in [0, 0.1) is 0 Å². The van der Waals surface area contributed by atoms with Crippen molar-refractivity contribution < 1.29 is 14.6 Å². The van der Waals surface area contributed by atoms with Crippen LogP contribution in [0.1, 0.15) is 17.2 Å². The van der Waals surface area contributed by atoms with E-state index in [-0.39, 0.29) is 12.1 Å². The second-order valence-corrected chi connectivity index (χ2v) is 5.18. The van der Waals surface area contributed by atoms with E-state index in [9.17, 15) is 4.79 Å². The van der Waals surface area contributed by atoms with Crippen LogP contribution in [0.4, 0.5) is 4.79 Å². The van der Waals surface area contributed by atoms with E-state index in [0.717, 1.165) is 0 Å². The second-order valence-electron chi connectivity index (χ2n) is 5.18. The van der Waals surface area contributed by atoms with Crippen LogP contribution in [-0.2, 0) is 4.74 Å². The molecular weight excluding hydrogens is 266 g/mol. The Labute approximate surface area is 123 Å². The van der Waals surface area contributed by atoms with Gasteiger partial charge >= 0.3 is 6.16 Å². The van der Waals surface area contributed by atoms with Gasteiger partial charge in [0.2, 0.25) is 0 Å². The fourth-order valence-corrected chi connectivity index (χ4v) is 2.78. The Hall–Kier alpha value is -2.33. The summed E-state index contributed by atoms with van der Waals surface area (Å²) in [5, 5.41) is 8.67. The summed E-state index contributed by atoms with van der Waals surface area (Å²) in [6.07, 6.45) is -1.42. The molecule has 0 amide bonds. The van der Waals surface area contributed by atoms with Crippen LogP contribution in [0.5, 0.6) is 0 Å². The minimum absolute atomic E-state index is 0.140. The Bertz CT molecular complexity index is 554. The highest BCUT2D eigenvalue weighted by Crippen LogP contribution is 2.32. The maximum absolute atomic E-state index is 10.6. The van der Waals surface area contributed by atoms with Gasteiger partial charge in [0, 0.05) is 13.1 Å². The SMILES string of the molecule is O=C(O)OC1CN(C(c2ccccc2)c2ccccc2)C1. The molecule has 1 aliphatic rings. The number of carboxylic acid groups (broad SMARTS) is 1. The summed E-state index contributed by atoms with van der Waals surface area (Å²) in [6.45, 7) is 1.25. The molecule has 108 valence electrons. The second kappa shape index (κ2) is 5.97. The standard InChI is InChI=1S/C17H17NO3/c19-17(20)21-15-11-18(12-15)16(13-7-3-1-4-8-13)14-9-5-2-6-10-14/h1-10,15-16H,11-12H2,(H,19,20). The number of rotatable bonds is 4. The van der Waals surface area contributed by atoms with E-state index in [0.29, 0.717) is 13.1 Å². The van der Waals surface area contributed by atoms with E-state index in [2.05, 4.69) is 29.2 Å². The van der Waals surface area contributed by atoms with Gasteiger partial charge in [-0.15, -0.1) is 0 Å². The number of benzene rings is 2. The van der Waals surface area contributed by atoms with Gasteiger partial charge in [0.05, 0.1) is 6.04 Å². The third-order valence-corrected chi connectivity index (χ3v) is 3.74. The van der Waals surface area contributed by atoms with Crippen LogP contribution < -0.4 is 0 Å². The van der Waals surface area contributed by atoms with Crippen molar-refractivity contribution in [3.05, 3.63) is 71.8 Å². The first kappa shape index (κ1) is 13.6. The summed E-state index contributed by atoms with van der Waals surface area (Å²) in [5.41, 5.74) is 2.41. The number of likely N-dealkylation sites (tertiary alicyclic amines) is 1. The van der Waals surface area contributed by atoms with Crippen LogP contribution in [-0.4, -0.2) is 35.4 Å². The maximum Gasteiger partial charge on any atom is 0.506 e. The predicted octanol–water partition coefficient (Wildman–Crippen LogP) is 3.15. The average molecular weight is 283 g/mol. The number of hydrogen-bond acceptors (Lipinski definition) is 3. The summed E-state index contributed by atoms with van der Waals surface area (Å²) in [6, 6.07) is 20.6. The highest BCUT2D eigenvalue weighted by Gasteiger charge is 2.36. The van der Waals surface area contributed by atoms with E-state index in [1.165, 1.54) is 11.1 Å². The lowest BCUT2D eigenvalue weighted by Crippen LogP contribution is -2.54. The molecule has 3 rings (SSSR count). The molecule has 2 aromatic carbocycles. The zero-order valence-electron chi connectivity index (χ0n) is 11.6. The van der Waals surface area contributed by atoms with Crippen LogP contribution in [0.3, 0.4) is 0 Å². The van der Waals surface area contributed by atoms with Gasteiger partial charge < -0.3 is 9.84 Å².